The van der Waals surface area contributed by atoms with Crippen molar-refractivity contribution in [2.75, 3.05) is 25.6 Å². The van der Waals surface area contributed by atoms with Crippen LogP contribution >= 0.6 is 23.2 Å². The molecule has 0 fully saturated rings. The lowest BCUT2D eigenvalue weighted by Gasteiger charge is -2.11. The molecule has 2 aromatic rings. The third-order valence-electron chi connectivity index (χ3n) is 3.32. The Balaban J connectivity index is 1.78. The smallest absolute Gasteiger partial charge is 0.193 e. The summed E-state index contributed by atoms with van der Waals surface area (Å²) < 4.78 is 10.8. The van der Waals surface area contributed by atoms with Crippen molar-refractivity contribution in [3.63, 3.8) is 0 Å². The minimum atomic E-state index is 0.355. The van der Waals surface area contributed by atoms with E-state index < -0.39 is 0 Å². The second-order valence-corrected chi connectivity index (χ2v) is 6.10. The fourth-order valence-corrected chi connectivity index (χ4v) is 2.60. The van der Waals surface area contributed by atoms with Crippen molar-refractivity contribution in [2.24, 2.45) is 10.7 Å². The molecule has 0 radical (unpaired) electrons. The second-order valence-electron chi connectivity index (χ2n) is 5.26. The van der Waals surface area contributed by atoms with Crippen LogP contribution in [-0.4, -0.2) is 26.2 Å². The molecule has 0 amide bonds. The molecule has 0 bridgehead atoms. The Morgan fingerprint density at radius 2 is 2.00 bits per heavy atom. The predicted octanol–water partition coefficient (Wildman–Crippen LogP) is 4.34. The standard InChI is InChI=1S/C18H21Cl2N3O2/c1-24-12-13-5-2-3-6-16(13)23-18(21)22-9-4-10-25-17-8-7-14(19)11-15(17)20/h2-3,5-8,11H,4,9-10,12H2,1H3,(H3,21,22,23). The molecule has 3 N–H and O–H groups in total. The first-order chi connectivity index (χ1) is 12.1. The van der Waals surface area contributed by atoms with Crippen LogP contribution in [0.4, 0.5) is 5.69 Å². The van der Waals surface area contributed by atoms with Crippen LogP contribution in [0.3, 0.4) is 0 Å². The maximum absolute atomic E-state index is 6.05. The molecule has 5 nitrogen and oxygen atoms in total. The number of methoxy groups -OCH3 is 1. The van der Waals surface area contributed by atoms with Gasteiger partial charge in [0.2, 0.25) is 0 Å². The van der Waals surface area contributed by atoms with Crippen LogP contribution in [-0.2, 0) is 11.3 Å². The molecule has 2 rings (SSSR count). The molecule has 2 aromatic carbocycles. The molecule has 0 heterocycles. The molecule has 0 spiro atoms. The SMILES string of the molecule is COCc1ccccc1NC(N)=NCCCOc1ccc(Cl)cc1Cl. The lowest BCUT2D eigenvalue weighted by molar-refractivity contribution is 0.185. The Kier molecular flexibility index (Phi) is 7.85. The molecule has 0 saturated carbocycles. The van der Waals surface area contributed by atoms with Crippen molar-refractivity contribution in [3.05, 3.63) is 58.1 Å². The summed E-state index contributed by atoms with van der Waals surface area (Å²) in [6, 6.07) is 12.9. The van der Waals surface area contributed by atoms with Crippen molar-refractivity contribution in [3.8, 4) is 5.75 Å². The van der Waals surface area contributed by atoms with Crippen LogP contribution in [0.1, 0.15) is 12.0 Å². The topological polar surface area (TPSA) is 68.9 Å². The van der Waals surface area contributed by atoms with Crippen molar-refractivity contribution in [1.29, 1.82) is 0 Å². The number of ether oxygens (including phenoxy) is 2. The number of anilines is 1. The van der Waals surface area contributed by atoms with Crippen molar-refractivity contribution < 1.29 is 9.47 Å². The number of nitrogens with zero attached hydrogens (tertiary/aromatic N) is 1. The average molecular weight is 382 g/mol. The van der Waals surface area contributed by atoms with E-state index in [9.17, 15) is 0 Å². The summed E-state index contributed by atoms with van der Waals surface area (Å²) in [7, 11) is 1.65. The summed E-state index contributed by atoms with van der Waals surface area (Å²) >= 11 is 11.9. The zero-order valence-electron chi connectivity index (χ0n) is 14.0. The van der Waals surface area contributed by atoms with E-state index in [0.29, 0.717) is 47.9 Å². The van der Waals surface area contributed by atoms with Crippen molar-refractivity contribution in [2.45, 2.75) is 13.0 Å². The Labute approximate surface area is 157 Å². The van der Waals surface area contributed by atoms with Gasteiger partial charge in [-0.15, -0.1) is 0 Å². The van der Waals surface area contributed by atoms with Crippen LogP contribution < -0.4 is 15.8 Å². The van der Waals surface area contributed by atoms with Crippen LogP contribution in [0, 0.1) is 0 Å². The normalized spacial score (nSPS) is 11.4. The molecule has 0 unspecified atom stereocenters. The molecule has 0 atom stereocenters. The highest BCUT2D eigenvalue weighted by Gasteiger charge is 2.03. The number of halogens is 2. The Morgan fingerprint density at radius 1 is 1.20 bits per heavy atom. The summed E-state index contributed by atoms with van der Waals surface area (Å²) in [5.41, 5.74) is 7.83. The van der Waals surface area contributed by atoms with E-state index in [1.807, 2.05) is 24.3 Å². The van der Waals surface area contributed by atoms with E-state index >= 15 is 0 Å². The Bertz CT molecular complexity index is 723. The van der Waals surface area contributed by atoms with E-state index in [1.54, 1.807) is 25.3 Å². The minimum Gasteiger partial charge on any atom is -0.492 e. The van der Waals surface area contributed by atoms with Gasteiger partial charge in [0.1, 0.15) is 5.75 Å². The van der Waals surface area contributed by atoms with Crippen LogP contribution in [0.5, 0.6) is 5.75 Å². The maximum Gasteiger partial charge on any atom is 0.193 e. The summed E-state index contributed by atoms with van der Waals surface area (Å²) in [5, 5.41) is 4.16. The van der Waals surface area contributed by atoms with Crippen molar-refractivity contribution in [1.82, 2.24) is 0 Å². The van der Waals surface area contributed by atoms with Gasteiger partial charge in [-0.2, -0.15) is 0 Å². The van der Waals surface area contributed by atoms with Gasteiger partial charge in [-0.1, -0.05) is 41.4 Å². The summed E-state index contributed by atoms with van der Waals surface area (Å²) in [6.45, 7) is 1.53. The van der Waals surface area contributed by atoms with Gasteiger partial charge in [0.15, 0.2) is 5.96 Å². The second kappa shape index (κ2) is 10.1. The summed E-state index contributed by atoms with van der Waals surface area (Å²) in [6.07, 6.45) is 0.709. The molecule has 134 valence electrons. The number of para-hydroxylation sites is 1. The molecule has 0 saturated heterocycles. The lowest BCUT2D eigenvalue weighted by atomic mass is 10.2. The highest BCUT2D eigenvalue weighted by Crippen LogP contribution is 2.27. The fourth-order valence-electron chi connectivity index (χ4n) is 2.14. The van der Waals surface area contributed by atoms with Gasteiger partial charge < -0.3 is 20.5 Å². The molecule has 25 heavy (non-hydrogen) atoms. The average Bonchev–Trinajstić information content (AvgIpc) is 2.58. The number of nitrogens with two attached hydrogens (primary N) is 1. The number of benzene rings is 2. The Hall–Kier alpha value is -1.95. The summed E-state index contributed by atoms with van der Waals surface area (Å²) in [5.74, 6) is 0.961. The summed E-state index contributed by atoms with van der Waals surface area (Å²) in [4.78, 5) is 4.30. The molecule has 7 heteroatoms. The molecular weight excluding hydrogens is 361 g/mol. The molecule has 0 aliphatic carbocycles. The van der Waals surface area contributed by atoms with Gasteiger partial charge in [-0.25, -0.2) is 0 Å². The molecule has 0 aliphatic rings. The number of aliphatic imine (C=N–C) groups is 1. The molecular formula is C18H21Cl2N3O2. The van der Waals surface area contributed by atoms with E-state index in [1.165, 1.54) is 0 Å². The monoisotopic (exact) mass is 381 g/mol. The van der Waals surface area contributed by atoms with Crippen LogP contribution in [0.25, 0.3) is 0 Å². The number of nitrogens with one attached hydrogen (secondary N) is 1. The highest BCUT2D eigenvalue weighted by molar-refractivity contribution is 6.35. The zero-order chi connectivity index (χ0) is 18.1. The largest absolute Gasteiger partial charge is 0.492 e. The van der Waals surface area contributed by atoms with Gasteiger partial charge in [0.05, 0.1) is 18.2 Å². The quantitative estimate of drug-likeness (QED) is 0.405. The minimum absolute atomic E-state index is 0.355. The van der Waals surface area contributed by atoms with Gasteiger partial charge in [-0.05, 0) is 24.3 Å². The number of rotatable bonds is 8. The number of hydrogen-bond donors (Lipinski definition) is 2. The first kappa shape index (κ1) is 19.4. The molecule has 0 aliphatic heterocycles. The third kappa shape index (κ3) is 6.46. The van der Waals surface area contributed by atoms with E-state index in [-0.39, 0.29) is 0 Å². The van der Waals surface area contributed by atoms with Crippen LogP contribution in [0.2, 0.25) is 10.0 Å². The van der Waals surface area contributed by atoms with E-state index in [0.717, 1.165) is 11.3 Å². The van der Waals surface area contributed by atoms with Crippen LogP contribution in [0.15, 0.2) is 47.5 Å². The van der Waals surface area contributed by atoms with Gasteiger partial charge in [-0.3, -0.25) is 4.99 Å². The van der Waals surface area contributed by atoms with Gasteiger partial charge in [0.25, 0.3) is 0 Å². The van der Waals surface area contributed by atoms with E-state index in [2.05, 4.69) is 10.3 Å². The maximum atomic E-state index is 6.05. The first-order valence-electron chi connectivity index (χ1n) is 7.82. The fraction of sp³-hybridized carbons (Fsp3) is 0.278. The zero-order valence-corrected chi connectivity index (χ0v) is 15.5. The Morgan fingerprint density at radius 3 is 2.76 bits per heavy atom. The highest BCUT2D eigenvalue weighted by atomic mass is 35.5. The lowest BCUT2D eigenvalue weighted by Crippen LogP contribution is -2.23. The predicted molar refractivity (Wildman–Crippen MR) is 104 cm³/mol. The number of hydrogen-bond acceptors (Lipinski definition) is 3. The van der Waals surface area contributed by atoms with Crippen molar-refractivity contribution >= 4 is 34.8 Å². The van der Waals surface area contributed by atoms with E-state index in [4.69, 9.17) is 38.4 Å². The first-order valence-corrected chi connectivity index (χ1v) is 8.57. The van der Waals surface area contributed by atoms with Gasteiger partial charge >= 0.3 is 0 Å². The molecule has 0 aromatic heterocycles. The number of guanidine groups is 1. The third-order valence-corrected chi connectivity index (χ3v) is 3.85. The van der Waals surface area contributed by atoms with Gasteiger partial charge in [0, 0.05) is 36.3 Å².